The number of rotatable bonds is 1. The maximum Gasteiger partial charge on any atom is 0.269 e. The van der Waals surface area contributed by atoms with Gasteiger partial charge in [0.05, 0.1) is 10.6 Å². The first-order chi connectivity index (χ1) is 6.72. The number of aryl methyl sites for hydroxylation is 1. The van der Waals surface area contributed by atoms with Crippen LogP contribution in [0.3, 0.4) is 0 Å². The minimum atomic E-state index is -0.422. The van der Waals surface area contributed by atoms with Crippen LogP contribution >= 0.6 is 0 Å². The molecule has 1 N–H and O–H groups in total. The molecule has 1 aliphatic carbocycles. The Morgan fingerprint density at radius 3 is 2.86 bits per heavy atom. The molecule has 0 bridgehead atoms. The molecule has 1 aromatic carbocycles. The van der Waals surface area contributed by atoms with E-state index in [2.05, 4.69) is 5.16 Å². The predicted molar refractivity (Wildman–Crippen MR) is 49.7 cm³/mol. The highest BCUT2D eigenvalue weighted by Gasteiger charge is 2.20. The van der Waals surface area contributed by atoms with E-state index < -0.39 is 4.92 Å². The summed E-state index contributed by atoms with van der Waals surface area (Å²) in [4.78, 5) is 10.1. The summed E-state index contributed by atoms with van der Waals surface area (Å²) < 4.78 is 0. The molecule has 14 heavy (non-hydrogen) atoms. The van der Waals surface area contributed by atoms with Crippen LogP contribution in [0.1, 0.15) is 17.5 Å². The topological polar surface area (TPSA) is 75.7 Å². The van der Waals surface area contributed by atoms with E-state index in [0.29, 0.717) is 18.6 Å². The molecule has 0 spiro atoms. The van der Waals surface area contributed by atoms with Crippen molar-refractivity contribution in [3.05, 3.63) is 39.4 Å². The van der Waals surface area contributed by atoms with Gasteiger partial charge in [-0.1, -0.05) is 5.16 Å². The number of nitro groups is 1. The van der Waals surface area contributed by atoms with E-state index in [0.717, 1.165) is 11.1 Å². The van der Waals surface area contributed by atoms with Gasteiger partial charge < -0.3 is 5.21 Å². The van der Waals surface area contributed by atoms with Gasteiger partial charge in [-0.2, -0.15) is 0 Å². The smallest absolute Gasteiger partial charge is 0.269 e. The average molecular weight is 192 g/mol. The Morgan fingerprint density at radius 1 is 1.43 bits per heavy atom. The van der Waals surface area contributed by atoms with Crippen LogP contribution in [-0.4, -0.2) is 15.8 Å². The lowest BCUT2D eigenvalue weighted by Crippen LogP contribution is -1.95. The number of hydrogen-bond donors (Lipinski definition) is 1. The summed E-state index contributed by atoms with van der Waals surface area (Å²) >= 11 is 0. The van der Waals surface area contributed by atoms with Crippen LogP contribution in [-0.2, 0) is 6.42 Å². The number of fused-ring (bicyclic) bond motifs is 1. The van der Waals surface area contributed by atoms with E-state index in [9.17, 15) is 10.1 Å². The first-order valence-corrected chi connectivity index (χ1v) is 4.21. The fourth-order valence-electron chi connectivity index (χ4n) is 1.67. The fraction of sp³-hybridized carbons (Fsp3) is 0.222. The second-order valence-electron chi connectivity index (χ2n) is 3.15. The van der Waals surface area contributed by atoms with Crippen molar-refractivity contribution < 1.29 is 10.1 Å². The molecule has 1 aliphatic rings. The van der Waals surface area contributed by atoms with Gasteiger partial charge in [0, 0.05) is 17.7 Å². The van der Waals surface area contributed by atoms with Gasteiger partial charge in [0.2, 0.25) is 0 Å². The van der Waals surface area contributed by atoms with Crippen molar-refractivity contribution in [3.8, 4) is 0 Å². The molecule has 0 aliphatic heterocycles. The van der Waals surface area contributed by atoms with Crippen molar-refractivity contribution in [1.29, 1.82) is 0 Å². The summed E-state index contributed by atoms with van der Waals surface area (Å²) in [7, 11) is 0. The molecule has 0 saturated carbocycles. The Hall–Kier alpha value is -1.91. The van der Waals surface area contributed by atoms with Crippen LogP contribution in [0.25, 0.3) is 0 Å². The largest absolute Gasteiger partial charge is 0.411 e. The van der Waals surface area contributed by atoms with Crippen molar-refractivity contribution in [2.24, 2.45) is 5.16 Å². The lowest BCUT2D eigenvalue weighted by molar-refractivity contribution is -0.384. The molecule has 0 amide bonds. The van der Waals surface area contributed by atoms with Crippen LogP contribution in [0.5, 0.6) is 0 Å². The van der Waals surface area contributed by atoms with E-state index in [-0.39, 0.29) is 5.69 Å². The van der Waals surface area contributed by atoms with Gasteiger partial charge in [0.1, 0.15) is 0 Å². The van der Waals surface area contributed by atoms with Gasteiger partial charge in [-0.3, -0.25) is 10.1 Å². The lowest BCUT2D eigenvalue weighted by Gasteiger charge is -1.97. The van der Waals surface area contributed by atoms with Crippen LogP contribution in [0.15, 0.2) is 23.4 Å². The van der Waals surface area contributed by atoms with Gasteiger partial charge in [-0.15, -0.1) is 0 Å². The highest BCUT2D eigenvalue weighted by Crippen LogP contribution is 2.26. The first-order valence-electron chi connectivity index (χ1n) is 4.21. The maximum absolute atomic E-state index is 10.5. The Kier molecular flexibility index (Phi) is 1.92. The first kappa shape index (κ1) is 8.68. The molecule has 0 unspecified atom stereocenters. The molecule has 0 aromatic heterocycles. The van der Waals surface area contributed by atoms with E-state index >= 15 is 0 Å². The molecule has 0 saturated heterocycles. The van der Waals surface area contributed by atoms with Crippen molar-refractivity contribution in [2.75, 3.05) is 0 Å². The minimum absolute atomic E-state index is 0.0861. The van der Waals surface area contributed by atoms with Crippen LogP contribution in [0, 0.1) is 10.1 Å². The number of non-ortho nitro benzene ring substituents is 1. The zero-order valence-corrected chi connectivity index (χ0v) is 7.30. The molecule has 0 atom stereocenters. The fourth-order valence-corrected chi connectivity index (χ4v) is 1.67. The Balaban J connectivity index is 2.49. The Morgan fingerprint density at radius 2 is 2.21 bits per heavy atom. The standard InChI is InChI=1S/C9H8N2O3/c12-10-9-4-1-6-5-7(11(13)14)2-3-8(6)9/h2-3,5,12H,1,4H2/b10-9+. The molecule has 0 radical (unpaired) electrons. The molecular weight excluding hydrogens is 184 g/mol. The molecular formula is C9H8N2O3. The zero-order chi connectivity index (χ0) is 10.1. The van der Waals surface area contributed by atoms with Crippen molar-refractivity contribution in [2.45, 2.75) is 12.8 Å². The van der Waals surface area contributed by atoms with Crippen LogP contribution in [0.2, 0.25) is 0 Å². The molecule has 5 nitrogen and oxygen atoms in total. The predicted octanol–water partition coefficient (Wildman–Crippen LogP) is 1.72. The minimum Gasteiger partial charge on any atom is -0.411 e. The summed E-state index contributed by atoms with van der Waals surface area (Å²) in [5.41, 5.74) is 2.39. The molecule has 2 rings (SSSR count). The SMILES string of the molecule is O=[N+]([O-])c1ccc2c(c1)CC/C2=N\O. The number of nitro benzene ring substituents is 1. The lowest BCUT2D eigenvalue weighted by atomic mass is 10.1. The molecule has 0 heterocycles. The van der Waals surface area contributed by atoms with E-state index in [1.165, 1.54) is 12.1 Å². The summed E-state index contributed by atoms with van der Waals surface area (Å²) in [5, 5.41) is 22.3. The highest BCUT2D eigenvalue weighted by molar-refractivity contribution is 6.04. The van der Waals surface area contributed by atoms with Crippen molar-refractivity contribution >= 4 is 11.4 Å². The normalized spacial score (nSPS) is 17.0. The third kappa shape index (κ3) is 1.22. The van der Waals surface area contributed by atoms with Crippen LogP contribution in [0.4, 0.5) is 5.69 Å². The molecule has 0 fully saturated rings. The van der Waals surface area contributed by atoms with E-state index in [1.807, 2.05) is 0 Å². The van der Waals surface area contributed by atoms with E-state index in [4.69, 9.17) is 5.21 Å². The monoisotopic (exact) mass is 192 g/mol. The maximum atomic E-state index is 10.5. The van der Waals surface area contributed by atoms with Gasteiger partial charge in [0.15, 0.2) is 0 Å². The van der Waals surface area contributed by atoms with Gasteiger partial charge in [0.25, 0.3) is 5.69 Å². The molecule has 1 aromatic rings. The van der Waals surface area contributed by atoms with Crippen molar-refractivity contribution in [1.82, 2.24) is 0 Å². The zero-order valence-electron chi connectivity index (χ0n) is 7.30. The Labute approximate surface area is 79.8 Å². The second kappa shape index (κ2) is 3.10. The third-order valence-electron chi connectivity index (χ3n) is 2.36. The summed E-state index contributed by atoms with van der Waals surface area (Å²) in [6.45, 7) is 0. The molecule has 5 heteroatoms. The van der Waals surface area contributed by atoms with Crippen LogP contribution < -0.4 is 0 Å². The second-order valence-corrected chi connectivity index (χ2v) is 3.15. The summed E-state index contributed by atoms with van der Waals surface area (Å²) in [6.07, 6.45) is 1.35. The Bertz CT molecular complexity index is 426. The molecule has 72 valence electrons. The summed E-state index contributed by atoms with van der Waals surface area (Å²) in [6, 6.07) is 4.60. The van der Waals surface area contributed by atoms with E-state index in [1.54, 1.807) is 6.07 Å². The number of hydrogen-bond acceptors (Lipinski definition) is 4. The third-order valence-corrected chi connectivity index (χ3v) is 2.36. The van der Waals surface area contributed by atoms with Gasteiger partial charge in [-0.25, -0.2) is 0 Å². The number of oxime groups is 1. The summed E-state index contributed by atoms with van der Waals surface area (Å²) in [5.74, 6) is 0. The van der Waals surface area contributed by atoms with Gasteiger partial charge in [-0.05, 0) is 24.5 Å². The number of benzene rings is 1. The number of nitrogens with zero attached hydrogens (tertiary/aromatic N) is 2. The van der Waals surface area contributed by atoms with Crippen molar-refractivity contribution in [3.63, 3.8) is 0 Å². The van der Waals surface area contributed by atoms with Gasteiger partial charge >= 0.3 is 0 Å². The highest BCUT2D eigenvalue weighted by atomic mass is 16.6. The average Bonchev–Trinajstić information content (AvgIpc) is 2.59. The quantitative estimate of drug-likeness (QED) is 0.418.